The van der Waals surface area contributed by atoms with Gasteiger partial charge < -0.3 is 19.3 Å². The van der Waals surface area contributed by atoms with Crippen LogP contribution in [0, 0.1) is 6.92 Å². The van der Waals surface area contributed by atoms with Crippen molar-refractivity contribution in [1.82, 2.24) is 9.55 Å². The summed E-state index contributed by atoms with van der Waals surface area (Å²) in [5.74, 6) is -0.814. The van der Waals surface area contributed by atoms with E-state index in [1.165, 1.54) is 10.8 Å². The fourth-order valence-corrected chi connectivity index (χ4v) is 2.81. The molecule has 3 rings (SSSR count). The highest BCUT2D eigenvalue weighted by Gasteiger charge is 2.55. The Morgan fingerprint density at radius 2 is 2.00 bits per heavy atom. The van der Waals surface area contributed by atoms with Crippen LogP contribution in [0.3, 0.4) is 0 Å². The van der Waals surface area contributed by atoms with E-state index in [0.717, 1.165) is 0 Å². The lowest BCUT2D eigenvalue weighted by molar-refractivity contribution is -0.200. The quantitative estimate of drug-likeness (QED) is 0.745. The average Bonchev–Trinajstić information content (AvgIpc) is 2.87. The lowest BCUT2D eigenvalue weighted by Crippen LogP contribution is -2.38. The molecule has 2 fully saturated rings. The van der Waals surface area contributed by atoms with Gasteiger partial charge >= 0.3 is 5.69 Å². The highest BCUT2D eigenvalue weighted by atomic mass is 16.8. The van der Waals surface area contributed by atoms with Crippen molar-refractivity contribution in [2.45, 2.75) is 51.1 Å². The van der Waals surface area contributed by atoms with Crippen LogP contribution in [0.15, 0.2) is 15.8 Å². The van der Waals surface area contributed by atoms with Crippen molar-refractivity contribution in [2.24, 2.45) is 0 Å². The third-order valence-corrected chi connectivity index (χ3v) is 3.73. The number of nitrogens with zero attached hydrogens (tertiary/aromatic N) is 1. The summed E-state index contributed by atoms with van der Waals surface area (Å²) in [7, 11) is 0. The lowest BCUT2D eigenvalue weighted by Gasteiger charge is -2.24. The molecular weight excluding hydrogens is 280 g/mol. The van der Waals surface area contributed by atoms with Crippen LogP contribution in [0.4, 0.5) is 0 Å². The SMILES string of the molecule is Cc1cn([C@@H]2O[C@H](CO)[C@H]3OC(C)(C)O[C@H]32)c(=O)[nH]c1=O. The summed E-state index contributed by atoms with van der Waals surface area (Å²) >= 11 is 0. The first-order valence-electron chi connectivity index (χ1n) is 6.76. The average molecular weight is 298 g/mol. The molecule has 0 spiro atoms. The summed E-state index contributed by atoms with van der Waals surface area (Å²) in [5, 5.41) is 9.41. The Morgan fingerprint density at radius 3 is 2.67 bits per heavy atom. The molecule has 1 aromatic rings. The van der Waals surface area contributed by atoms with Gasteiger partial charge in [0, 0.05) is 11.8 Å². The predicted molar refractivity (Wildman–Crippen MR) is 70.9 cm³/mol. The minimum Gasteiger partial charge on any atom is -0.394 e. The zero-order valence-corrected chi connectivity index (χ0v) is 12.0. The largest absolute Gasteiger partial charge is 0.394 e. The van der Waals surface area contributed by atoms with Crippen LogP contribution in [-0.4, -0.2) is 45.4 Å². The van der Waals surface area contributed by atoms with Crippen molar-refractivity contribution < 1.29 is 19.3 Å². The number of ether oxygens (including phenoxy) is 3. The van der Waals surface area contributed by atoms with Crippen LogP contribution in [0.25, 0.3) is 0 Å². The summed E-state index contributed by atoms with van der Waals surface area (Å²) < 4.78 is 18.5. The molecule has 3 heterocycles. The zero-order valence-electron chi connectivity index (χ0n) is 12.0. The first-order valence-corrected chi connectivity index (χ1v) is 6.76. The first kappa shape index (κ1) is 14.5. The smallest absolute Gasteiger partial charge is 0.330 e. The molecule has 2 N–H and O–H groups in total. The number of aliphatic hydroxyl groups is 1. The monoisotopic (exact) mass is 298 g/mol. The van der Waals surface area contributed by atoms with Gasteiger partial charge in [-0.1, -0.05) is 0 Å². The van der Waals surface area contributed by atoms with Crippen molar-refractivity contribution >= 4 is 0 Å². The van der Waals surface area contributed by atoms with Crippen molar-refractivity contribution in [1.29, 1.82) is 0 Å². The molecule has 0 saturated carbocycles. The standard InChI is InChI=1S/C13H18N2O6/c1-6-4-15(12(18)14-10(6)17)11-9-8(7(5-16)19-11)20-13(2,3)21-9/h4,7-9,11,16H,5H2,1-3H3,(H,14,17,18)/t7-,8-,9-,11-/m1/s1. The second kappa shape index (κ2) is 4.77. The number of hydrogen-bond donors (Lipinski definition) is 2. The molecule has 116 valence electrons. The van der Waals surface area contributed by atoms with Gasteiger partial charge in [-0.25, -0.2) is 4.79 Å². The minimum atomic E-state index is -0.814. The van der Waals surface area contributed by atoms with Crippen molar-refractivity contribution in [3.63, 3.8) is 0 Å². The van der Waals surface area contributed by atoms with Crippen LogP contribution in [0.2, 0.25) is 0 Å². The van der Waals surface area contributed by atoms with Crippen LogP contribution < -0.4 is 11.2 Å². The molecule has 0 aromatic carbocycles. The van der Waals surface area contributed by atoms with E-state index in [4.69, 9.17) is 14.2 Å². The molecule has 2 aliphatic heterocycles. The second-order valence-electron chi connectivity index (χ2n) is 5.79. The summed E-state index contributed by atoms with van der Waals surface area (Å²) in [6.07, 6.45) is -0.899. The number of fused-ring (bicyclic) bond motifs is 1. The molecule has 4 atom stereocenters. The van der Waals surface area contributed by atoms with Crippen molar-refractivity contribution in [2.75, 3.05) is 6.61 Å². The van der Waals surface area contributed by atoms with Gasteiger partial charge in [-0.2, -0.15) is 0 Å². The van der Waals surface area contributed by atoms with E-state index in [1.54, 1.807) is 20.8 Å². The normalized spacial score (nSPS) is 34.1. The summed E-state index contributed by atoms with van der Waals surface area (Å²) in [4.78, 5) is 25.7. The van der Waals surface area contributed by atoms with Crippen LogP contribution in [0.5, 0.6) is 0 Å². The molecule has 8 heteroatoms. The van der Waals surface area contributed by atoms with Gasteiger partial charge in [0.2, 0.25) is 0 Å². The lowest BCUT2D eigenvalue weighted by atomic mass is 10.1. The molecule has 0 unspecified atom stereocenters. The fraction of sp³-hybridized carbons (Fsp3) is 0.692. The van der Waals surface area contributed by atoms with Crippen LogP contribution in [0.1, 0.15) is 25.6 Å². The molecular formula is C13H18N2O6. The topological polar surface area (TPSA) is 103 Å². The number of aliphatic hydroxyl groups excluding tert-OH is 1. The number of aromatic nitrogens is 2. The molecule has 21 heavy (non-hydrogen) atoms. The Hall–Kier alpha value is -1.48. The molecule has 0 bridgehead atoms. The molecule has 0 radical (unpaired) electrons. The maximum absolute atomic E-state index is 12.0. The van der Waals surface area contributed by atoms with Gasteiger partial charge in [-0.15, -0.1) is 0 Å². The molecule has 1 aromatic heterocycles. The molecule has 8 nitrogen and oxygen atoms in total. The number of nitrogens with one attached hydrogen (secondary N) is 1. The number of rotatable bonds is 2. The highest BCUT2D eigenvalue weighted by molar-refractivity contribution is 5.04. The van der Waals surface area contributed by atoms with Crippen molar-refractivity contribution in [3.8, 4) is 0 Å². The van der Waals surface area contributed by atoms with E-state index in [0.29, 0.717) is 5.56 Å². The number of hydrogen-bond acceptors (Lipinski definition) is 6. The van der Waals surface area contributed by atoms with Crippen LogP contribution in [-0.2, 0) is 14.2 Å². The van der Waals surface area contributed by atoms with E-state index < -0.39 is 41.6 Å². The number of H-pyrrole nitrogens is 1. The molecule has 2 aliphatic rings. The number of aromatic amines is 1. The van der Waals surface area contributed by atoms with Crippen molar-refractivity contribution in [3.05, 3.63) is 32.6 Å². The third-order valence-electron chi connectivity index (χ3n) is 3.73. The van der Waals surface area contributed by atoms with Crippen LogP contribution >= 0.6 is 0 Å². The van der Waals surface area contributed by atoms with Gasteiger partial charge in [0.15, 0.2) is 12.0 Å². The Kier molecular flexibility index (Phi) is 3.28. The molecule has 0 amide bonds. The number of aryl methyl sites for hydroxylation is 1. The third kappa shape index (κ3) is 2.34. The Bertz CT molecular complexity index is 663. The van der Waals surface area contributed by atoms with Gasteiger partial charge in [0.05, 0.1) is 6.61 Å². The molecule has 2 saturated heterocycles. The van der Waals surface area contributed by atoms with E-state index in [9.17, 15) is 14.7 Å². The molecule has 0 aliphatic carbocycles. The Morgan fingerprint density at radius 1 is 1.33 bits per heavy atom. The Balaban J connectivity index is 2.01. The minimum absolute atomic E-state index is 0.242. The maximum atomic E-state index is 12.0. The fourth-order valence-electron chi connectivity index (χ4n) is 2.81. The van der Waals surface area contributed by atoms with Gasteiger partial charge in [0.1, 0.15) is 18.3 Å². The van der Waals surface area contributed by atoms with Gasteiger partial charge in [0.25, 0.3) is 5.56 Å². The highest BCUT2D eigenvalue weighted by Crippen LogP contribution is 2.42. The van der Waals surface area contributed by atoms with E-state index in [2.05, 4.69) is 4.98 Å². The maximum Gasteiger partial charge on any atom is 0.330 e. The van der Waals surface area contributed by atoms with Gasteiger partial charge in [-0.05, 0) is 20.8 Å². The zero-order chi connectivity index (χ0) is 15.4. The van der Waals surface area contributed by atoms with Gasteiger partial charge in [-0.3, -0.25) is 14.3 Å². The van der Waals surface area contributed by atoms with E-state index in [-0.39, 0.29) is 6.61 Å². The van der Waals surface area contributed by atoms with E-state index in [1.807, 2.05) is 0 Å². The summed E-state index contributed by atoms with van der Waals surface area (Å²) in [6.45, 7) is 4.88. The summed E-state index contributed by atoms with van der Waals surface area (Å²) in [5.41, 5.74) is -0.630. The van der Waals surface area contributed by atoms with E-state index >= 15 is 0 Å². The second-order valence-corrected chi connectivity index (χ2v) is 5.79. The Labute approximate surface area is 120 Å². The first-order chi connectivity index (χ1) is 9.82. The summed E-state index contributed by atoms with van der Waals surface area (Å²) in [6, 6.07) is 0. The predicted octanol–water partition coefficient (Wildman–Crippen LogP) is -0.745.